The van der Waals surface area contributed by atoms with Gasteiger partial charge in [0.1, 0.15) is 0 Å². The van der Waals surface area contributed by atoms with Gasteiger partial charge in [-0.2, -0.15) is 0 Å². The minimum Gasteiger partial charge on any atom is -0.379 e. The summed E-state index contributed by atoms with van der Waals surface area (Å²) in [5.74, 6) is 2.25. The highest BCUT2D eigenvalue weighted by Crippen LogP contribution is 2.53. The van der Waals surface area contributed by atoms with Gasteiger partial charge in [-0.25, -0.2) is 0 Å². The van der Waals surface area contributed by atoms with E-state index in [0.717, 1.165) is 31.1 Å². The molecule has 2 unspecified atom stereocenters. The van der Waals surface area contributed by atoms with Crippen molar-refractivity contribution in [1.29, 1.82) is 0 Å². The van der Waals surface area contributed by atoms with E-state index < -0.39 is 0 Å². The van der Waals surface area contributed by atoms with Gasteiger partial charge in [-0.15, -0.1) is 0 Å². The van der Waals surface area contributed by atoms with Crippen LogP contribution in [0.15, 0.2) is 0 Å². The number of morpholine rings is 1. The first-order chi connectivity index (χ1) is 5.93. The molecule has 3 fully saturated rings. The molecule has 1 heterocycles. The molecule has 2 nitrogen and oxygen atoms in total. The van der Waals surface area contributed by atoms with E-state index in [2.05, 4.69) is 4.90 Å². The maximum absolute atomic E-state index is 5.36. The van der Waals surface area contributed by atoms with Crippen LogP contribution in [0.2, 0.25) is 0 Å². The number of ether oxygens (including phenoxy) is 1. The van der Waals surface area contributed by atoms with Gasteiger partial charge in [-0.1, -0.05) is 0 Å². The minimum atomic E-state index is 0.928. The molecule has 0 aromatic heterocycles. The van der Waals surface area contributed by atoms with Gasteiger partial charge < -0.3 is 4.74 Å². The molecule has 2 aliphatic carbocycles. The van der Waals surface area contributed by atoms with Crippen LogP contribution < -0.4 is 0 Å². The SMILES string of the molecule is C1CN(C2CC3C[C@@H]3C2)CCO1. The maximum Gasteiger partial charge on any atom is 0.0594 e. The molecule has 0 N–H and O–H groups in total. The molecule has 2 heteroatoms. The van der Waals surface area contributed by atoms with Crippen molar-refractivity contribution in [1.82, 2.24) is 4.90 Å². The van der Waals surface area contributed by atoms with Crippen molar-refractivity contribution < 1.29 is 4.74 Å². The zero-order valence-electron chi connectivity index (χ0n) is 7.54. The van der Waals surface area contributed by atoms with E-state index in [9.17, 15) is 0 Å². The fraction of sp³-hybridized carbons (Fsp3) is 1.00. The molecule has 0 radical (unpaired) electrons. The zero-order valence-corrected chi connectivity index (χ0v) is 7.54. The van der Waals surface area contributed by atoms with Gasteiger partial charge in [0.25, 0.3) is 0 Å². The Kier molecular flexibility index (Phi) is 1.66. The van der Waals surface area contributed by atoms with Crippen molar-refractivity contribution in [3.05, 3.63) is 0 Å². The molecule has 2 saturated carbocycles. The number of hydrogen-bond donors (Lipinski definition) is 0. The first kappa shape index (κ1) is 7.34. The Morgan fingerprint density at radius 2 is 1.58 bits per heavy atom. The van der Waals surface area contributed by atoms with E-state index in [1.165, 1.54) is 25.9 Å². The lowest BCUT2D eigenvalue weighted by molar-refractivity contribution is 0.0155. The van der Waals surface area contributed by atoms with E-state index in [1.54, 1.807) is 6.42 Å². The van der Waals surface area contributed by atoms with Gasteiger partial charge in [0, 0.05) is 19.1 Å². The van der Waals surface area contributed by atoms with Crippen LogP contribution in [0.5, 0.6) is 0 Å². The number of nitrogens with zero attached hydrogens (tertiary/aromatic N) is 1. The molecule has 0 aromatic carbocycles. The Morgan fingerprint density at radius 1 is 0.917 bits per heavy atom. The number of hydrogen-bond acceptors (Lipinski definition) is 2. The highest BCUT2D eigenvalue weighted by Gasteiger charge is 2.47. The summed E-state index contributed by atoms with van der Waals surface area (Å²) in [6, 6.07) is 0.928. The predicted molar refractivity (Wildman–Crippen MR) is 47.0 cm³/mol. The second-order valence-corrected chi connectivity index (χ2v) is 4.53. The number of fused-ring (bicyclic) bond motifs is 1. The van der Waals surface area contributed by atoms with Gasteiger partial charge in [-0.3, -0.25) is 4.90 Å². The number of rotatable bonds is 1. The summed E-state index contributed by atoms with van der Waals surface area (Å²) in [4.78, 5) is 2.65. The third-order valence-corrected chi connectivity index (χ3v) is 3.78. The van der Waals surface area contributed by atoms with Crippen molar-refractivity contribution in [2.45, 2.75) is 25.3 Å². The largest absolute Gasteiger partial charge is 0.379 e. The van der Waals surface area contributed by atoms with Crippen LogP contribution in [0.25, 0.3) is 0 Å². The molecule has 1 saturated heterocycles. The van der Waals surface area contributed by atoms with Crippen molar-refractivity contribution in [3.63, 3.8) is 0 Å². The van der Waals surface area contributed by atoms with Gasteiger partial charge in [0.15, 0.2) is 0 Å². The minimum absolute atomic E-state index is 0.928. The summed E-state index contributed by atoms with van der Waals surface area (Å²) < 4.78 is 5.36. The molecule has 0 amide bonds. The van der Waals surface area contributed by atoms with Crippen molar-refractivity contribution in [3.8, 4) is 0 Å². The van der Waals surface area contributed by atoms with Gasteiger partial charge >= 0.3 is 0 Å². The summed E-state index contributed by atoms with van der Waals surface area (Å²) in [6.07, 6.45) is 4.52. The van der Waals surface area contributed by atoms with Crippen molar-refractivity contribution >= 4 is 0 Å². The molecule has 0 bridgehead atoms. The summed E-state index contributed by atoms with van der Waals surface area (Å²) in [5, 5.41) is 0. The Labute approximate surface area is 73.9 Å². The summed E-state index contributed by atoms with van der Waals surface area (Å²) >= 11 is 0. The van der Waals surface area contributed by atoms with Crippen molar-refractivity contribution in [2.75, 3.05) is 26.3 Å². The lowest BCUT2D eigenvalue weighted by Gasteiger charge is -2.32. The smallest absolute Gasteiger partial charge is 0.0594 e. The predicted octanol–water partition coefficient (Wildman–Crippen LogP) is 1.12. The lowest BCUT2D eigenvalue weighted by Crippen LogP contribution is -2.42. The summed E-state index contributed by atoms with van der Waals surface area (Å²) in [7, 11) is 0. The molecule has 68 valence electrons. The van der Waals surface area contributed by atoms with E-state index in [4.69, 9.17) is 4.74 Å². The molecular formula is C10H17NO. The van der Waals surface area contributed by atoms with Crippen LogP contribution >= 0.6 is 0 Å². The Balaban J connectivity index is 1.58. The van der Waals surface area contributed by atoms with Crippen LogP contribution in [0.3, 0.4) is 0 Å². The molecule has 3 aliphatic rings. The quantitative estimate of drug-likeness (QED) is 0.580. The van der Waals surface area contributed by atoms with Crippen LogP contribution in [0, 0.1) is 11.8 Å². The van der Waals surface area contributed by atoms with Gasteiger partial charge in [-0.05, 0) is 31.1 Å². The first-order valence-electron chi connectivity index (χ1n) is 5.25. The fourth-order valence-corrected chi connectivity index (χ4v) is 2.92. The second kappa shape index (κ2) is 2.71. The third-order valence-electron chi connectivity index (χ3n) is 3.78. The molecule has 1 aliphatic heterocycles. The summed E-state index contributed by atoms with van der Waals surface area (Å²) in [5.41, 5.74) is 0. The van der Waals surface area contributed by atoms with E-state index in [1.807, 2.05) is 0 Å². The maximum atomic E-state index is 5.36. The topological polar surface area (TPSA) is 12.5 Å². The second-order valence-electron chi connectivity index (χ2n) is 4.53. The molecule has 3 rings (SSSR count). The highest BCUT2D eigenvalue weighted by molar-refractivity contribution is 4.99. The average Bonchev–Trinajstić information content (AvgIpc) is 2.75. The Morgan fingerprint density at radius 3 is 2.25 bits per heavy atom. The molecule has 0 spiro atoms. The molecule has 3 atom stereocenters. The van der Waals surface area contributed by atoms with Gasteiger partial charge in [0.05, 0.1) is 13.2 Å². The highest BCUT2D eigenvalue weighted by atomic mass is 16.5. The fourth-order valence-electron chi connectivity index (χ4n) is 2.92. The molecule has 0 aromatic rings. The van der Waals surface area contributed by atoms with Crippen LogP contribution in [-0.4, -0.2) is 37.2 Å². The standard InChI is InChI=1S/C10H17NO/c1-3-12-4-2-11(1)10-6-8-5-9(8)7-10/h8-10H,1-7H2/t8-,9?,10?/m1/s1. The van der Waals surface area contributed by atoms with Crippen LogP contribution in [0.1, 0.15) is 19.3 Å². The molecular weight excluding hydrogens is 150 g/mol. The summed E-state index contributed by atoms with van der Waals surface area (Å²) in [6.45, 7) is 4.30. The first-order valence-corrected chi connectivity index (χ1v) is 5.25. The monoisotopic (exact) mass is 167 g/mol. The lowest BCUT2D eigenvalue weighted by atomic mass is 10.1. The van der Waals surface area contributed by atoms with E-state index >= 15 is 0 Å². The Hall–Kier alpha value is -0.0800. The van der Waals surface area contributed by atoms with E-state index in [-0.39, 0.29) is 0 Å². The van der Waals surface area contributed by atoms with Gasteiger partial charge in [0.2, 0.25) is 0 Å². The normalized spacial score (nSPS) is 47.5. The molecule has 12 heavy (non-hydrogen) atoms. The van der Waals surface area contributed by atoms with Crippen LogP contribution in [0.4, 0.5) is 0 Å². The average molecular weight is 167 g/mol. The van der Waals surface area contributed by atoms with Crippen LogP contribution in [-0.2, 0) is 4.74 Å². The zero-order chi connectivity index (χ0) is 7.97. The van der Waals surface area contributed by atoms with Crippen molar-refractivity contribution in [2.24, 2.45) is 11.8 Å². The van der Waals surface area contributed by atoms with E-state index in [0.29, 0.717) is 0 Å². The Bertz CT molecular complexity index is 167. The third kappa shape index (κ3) is 1.17.